The highest BCUT2D eigenvalue weighted by molar-refractivity contribution is 5.95. The fraction of sp³-hybridized carbons (Fsp3) is 0.269. The van der Waals surface area contributed by atoms with E-state index in [4.69, 9.17) is 18.9 Å². The third-order valence-electron chi connectivity index (χ3n) is 4.52. The first kappa shape index (κ1) is 23.9. The van der Waals surface area contributed by atoms with Crippen molar-refractivity contribution in [3.63, 3.8) is 0 Å². The summed E-state index contributed by atoms with van der Waals surface area (Å²) in [6, 6.07) is 24.3. The minimum Gasteiger partial charge on any atom is -0.491 e. The molecule has 0 unspecified atom stereocenters. The molecule has 0 saturated carbocycles. The number of hydrogen-bond acceptors (Lipinski definition) is 6. The number of rotatable bonds is 14. The molecule has 0 atom stereocenters. The van der Waals surface area contributed by atoms with Gasteiger partial charge in [0.2, 0.25) is 5.91 Å². The van der Waals surface area contributed by atoms with Gasteiger partial charge < -0.3 is 29.6 Å². The predicted octanol–water partition coefficient (Wildman–Crippen LogP) is 4.61. The van der Waals surface area contributed by atoms with Gasteiger partial charge in [-0.05, 0) is 55.5 Å². The lowest BCUT2D eigenvalue weighted by Gasteiger charge is -2.14. The van der Waals surface area contributed by atoms with E-state index in [1.165, 1.54) is 0 Å². The van der Waals surface area contributed by atoms with Crippen molar-refractivity contribution in [2.45, 2.75) is 6.92 Å². The van der Waals surface area contributed by atoms with Crippen LogP contribution in [0.1, 0.15) is 6.92 Å². The van der Waals surface area contributed by atoms with Crippen molar-refractivity contribution >= 4 is 17.3 Å². The number of anilines is 2. The average molecular weight is 451 g/mol. The number of carbonyl (C=O) groups is 1. The Balaban J connectivity index is 1.41. The molecule has 174 valence electrons. The largest absolute Gasteiger partial charge is 0.491 e. The van der Waals surface area contributed by atoms with Crippen LogP contribution in [0.2, 0.25) is 0 Å². The number of amides is 1. The molecular weight excluding hydrogens is 420 g/mol. The fourth-order valence-corrected chi connectivity index (χ4v) is 2.93. The summed E-state index contributed by atoms with van der Waals surface area (Å²) in [5.41, 5.74) is 1.44. The molecule has 0 aliphatic heterocycles. The standard InChI is InChI=1S/C26H30N2O5/c1-2-30-16-17-31-23-14-12-21(13-15-23)27-20-26(29)28-24-10-6-7-11-25(24)33-19-18-32-22-8-4-3-5-9-22/h3-15,27H,2,16-20H2,1H3,(H,28,29). The van der Waals surface area contributed by atoms with Gasteiger partial charge in [0.05, 0.1) is 18.8 Å². The smallest absolute Gasteiger partial charge is 0.243 e. The van der Waals surface area contributed by atoms with Crippen LogP contribution in [0, 0.1) is 0 Å². The van der Waals surface area contributed by atoms with Crippen LogP contribution in [0.5, 0.6) is 17.2 Å². The van der Waals surface area contributed by atoms with E-state index in [9.17, 15) is 4.79 Å². The molecule has 3 aromatic carbocycles. The van der Waals surface area contributed by atoms with E-state index in [1.54, 1.807) is 6.07 Å². The van der Waals surface area contributed by atoms with Gasteiger partial charge in [-0.15, -0.1) is 0 Å². The maximum absolute atomic E-state index is 12.4. The minimum absolute atomic E-state index is 0.121. The first-order chi connectivity index (χ1) is 16.2. The van der Waals surface area contributed by atoms with Crippen LogP contribution in [-0.4, -0.2) is 45.5 Å². The zero-order valence-electron chi connectivity index (χ0n) is 18.8. The summed E-state index contributed by atoms with van der Waals surface area (Å²) in [5.74, 6) is 1.96. The second-order valence-electron chi connectivity index (χ2n) is 6.98. The topological polar surface area (TPSA) is 78.1 Å². The van der Waals surface area contributed by atoms with Crippen LogP contribution in [0.4, 0.5) is 11.4 Å². The van der Waals surface area contributed by atoms with Crippen molar-refractivity contribution in [1.29, 1.82) is 0 Å². The second kappa shape index (κ2) is 13.6. The Morgan fingerprint density at radius 1 is 0.727 bits per heavy atom. The normalized spacial score (nSPS) is 10.3. The third-order valence-corrected chi connectivity index (χ3v) is 4.52. The molecule has 33 heavy (non-hydrogen) atoms. The van der Waals surface area contributed by atoms with Gasteiger partial charge in [-0.1, -0.05) is 30.3 Å². The quantitative estimate of drug-likeness (QED) is 0.349. The maximum Gasteiger partial charge on any atom is 0.243 e. The molecule has 3 aromatic rings. The number of benzene rings is 3. The first-order valence-corrected chi connectivity index (χ1v) is 11.0. The van der Waals surface area contributed by atoms with Gasteiger partial charge in [0.1, 0.15) is 37.1 Å². The number of carbonyl (C=O) groups excluding carboxylic acids is 1. The Labute approximate surface area is 194 Å². The molecule has 0 spiro atoms. The van der Waals surface area contributed by atoms with Crippen molar-refractivity contribution in [2.24, 2.45) is 0 Å². The zero-order chi connectivity index (χ0) is 23.1. The first-order valence-electron chi connectivity index (χ1n) is 11.0. The number of nitrogens with one attached hydrogen (secondary N) is 2. The molecule has 3 rings (SSSR count). The molecule has 2 N–H and O–H groups in total. The lowest BCUT2D eigenvalue weighted by atomic mass is 10.3. The fourth-order valence-electron chi connectivity index (χ4n) is 2.93. The second-order valence-corrected chi connectivity index (χ2v) is 6.98. The Morgan fingerprint density at radius 2 is 1.36 bits per heavy atom. The van der Waals surface area contributed by atoms with E-state index in [2.05, 4.69) is 10.6 Å². The van der Waals surface area contributed by atoms with Crippen molar-refractivity contribution in [2.75, 3.05) is 50.2 Å². The summed E-state index contributed by atoms with van der Waals surface area (Å²) >= 11 is 0. The molecule has 7 nitrogen and oxygen atoms in total. The van der Waals surface area contributed by atoms with E-state index < -0.39 is 0 Å². The Bertz CT molecular complexity index is 964. The highest BCUT2D eigenvalue weighted by Gasteiger charge is 2.08. The molecule has 1 amide bonds. The van der Waals surface area contributed by atoms with E-state index >= 15 is 0 Å². The molecular formula is C26H30N2O5. The SMILES string of the molecule is CCOCCOc1ccc(NCC(=O)Nc2ccccc2OCCOc2ccccc2)cc1. The molecule has 0 aliphatic carbocycles. The molecule has 0 radical (unpaired) electrons. The van der Waals surface area contributed by atoms with E-state index in [-0.39, 0.29) is 12.5 Å². The summed E-state index contributed by atoms with van der Waals surface area (Å²) < 4.78 is 22.3. The minimum atomic E-state index is -0.177. The molecule has 0 aromatic heterocycles. The summed E-state index contributed by atoms with van der Waals surface area (Å²) in [6.07, 6.45) is 0. The summed E-state index contributed by atoms with van der Waals surface area (Å²) in [6.45, 7) is 4.57. The summed E-state index contributed by atoms with van der Waals surface area (Å²) in [5, 5.41) is 5.99. The van der Waals surface area contributed by atoms with Gasteiger partial charge in [-0.2, -0.15) is 0 Å². The summed E-state index contributed by atoms with van der Waals surface area (Å²) in [7, 11) is 0. The van der Waals surface area contributed by atoms with Gasteiger partial charge in [0.25, 0.3) is 0 Å². The zero-order valence-corrected chi connectivity index (χ0v) is 18.8. The number of ether oxygens (including phenoxy) is 4. The predicted molar refractivity (Wildman–Crippen MR) is 129 cm³/mol. The van der Waals surface area contributed by atoms with Gasteiger partial charge in [-0.3, -0.25) is 4.79 Å². The van der Waals surface area contributed by atoms with Crippen molar-refractivity contribution in [1.82, 2.24) is 0 Å². The Morgan fingerprint density at radius 3 is 2.12 bits per heavy atom. The molecule has 0 saturated heterocycles. The average Bonchev–Trinajstić information content (AvgIpc) is 2.85. The van der Waals surface area contributed by atoms with Crippen molar-refractivity contribution in [3.8, 4) is 17.2 Å². The third kappa shape index (κ3) is 8.74. The van der Waals surface area contributed by atoms with Gasteiger partial charge in [-0.25, -0.2) is 0 Å². The van der Waals surface area contributed by atoms with Gasteiger partial charge >= 0.3 is 0 Å². The lowest BCUT2D eigenvalue weighted by Crippen LogP contribution is -2.22. The van der Waals surface area contributed by atoms with E-state index in [1.807, 2.05) is 79.7 Å². The maximum atomic E-state index is 12.4. The Hall–Kier alpha value is -3.71. The van der Waals surface area contributed by atoms with Crippen LogP contribution >= 0.6 is 0 Å². The Kier molecular flexibility index (Phi) is 9.90. The van der Waals surface area contributed by atoms with Gasteiger partial charge in [0.15, 0.2) is 0 Å². The lowest BCUT2D eigenvalue weighted by molar-refractivity contribution is -0.114. The van der Waals surface area contributed by atoms with E-state index in [0.717, 1.165) is 17.2 Å². The van der Waals surface area contributed by atoms with Crippen molar-refractivity contribution < 1.29 is 23.7 Å². The monoisotopic (exact) mass is 450 g/mol. The van der Waals surface area contributed by atoms with Crippen LogP contribution in [0.3, 0.4) is 0 Å². The van der Waals surface area contributed by atoms with Crippen LogP contribution in [0.15, 0.2) is 78.9 Å². The summed E-state index contributed by atoms with van der Waals surface area (Å²) in [4.78, 5) is 12.4. The highest BCUT2D eigenvalue weighted by atomic mass is 16.5. The van der Waals surface area contributed by atoms with Crippen molar-refractivity contribution in [3.05, 3.63) is 78.9 Å². The molecule has 0 aliphatic rings. The molecule has 0 bridgehead atoms. The number of para-hydroxylation sites is 3. The molecule has 7 heteroatoms. The highest BCUT2D eigenvalue weighted by Crippen LogP contribution is 2.24. The number of hydrogen-bond donors (Lipinski definition) is 2. The van der Waals surface area contributed by atoms with Crippen LogP contribution in [-0.2, 0) is 9.53 Å². The van der Waals surface area contributed by atoms with Crippen LogP contribution in [0.25, 0.3) is 0 Å². The molecule has 0 fully saturated rings. The van der Waals surface area contributed by atoms with Gasteiger partial charge in [0, 0.05) is 12.3 Å². The van der Waals surface area contributed by atoms with Crippen LogP contribution < -0.4 is 24.8 Å². The van der Waals surface area contributed by atoms with E-state index in [0.29, 0.717) is 44.5 Å². The molecule has 0 heterocycles.